The van der Waals surface area contributed by atoms with Gasteiger partial charge in [0.2, 0.25) is 0 Å². The van der Waals surface area contributed by atoms with Crippen LogP contribution in [0.1, 0.15) is 87.1 Å². The Morgan fingerprint density at radius 2 is 1.30 bits per heavy atom. The number of esters is 1. The summed E-state index contributed by atoms with van der Waals surface area (Å²) in [7, 11) is 0. The van der Waals surface area contributed by atoms with E-state index >= 15 is 0 Å². The molecule has 0 N–H and O–H groups in total. The fraction of sp³-hybridized carbons (Fsp3) is 0.382. The molecule has 3 nitrogen and oxygen atoms in total. The number of hydrogen-bond donors (Lipinski definition) is 0. The van der Waals surface area contributed by atoms with Crippen molar-refractivity contribution in [2.45, 2.75) is 77.6 Å². The van der Waals surface area contributed by atoms with Crippen LogP contribution in [-0.4, -0.2) is 12.6 Å². The molecule has 3 aromatic rings. The van der Waals surface area contributed by atoms with E-state index in [0.717, 1.165) is 36.1 Å². The van der Waals surface area contributed by atoms with E-state index in [1.54, 1.807) is 12.1 Å². The van der Waals surface area contributed by atoms with Gasteiger partial charge >= 0.3 is 5.97 Å². The molecule has 0 bridgehead atoms. The fourth-order valence-corrected chi connectivity index (χ4v) is 4.30. The predicted octanol–water partition coefficient (Wildman–Crippen LogP) is 9.60. The van der Waals surface area contributed by atoms with E-state index in [1.165, 1.54) is 56.9 Å². The molecule has 3 rings (SSSR count). The van der Waals surface area contributed by atoms with E-state index in [1.807, 2.05) is 42.5 Å². The summed E-state index contributed by atoms with van der Waals surface area (Å²) in [5.74, 6) is 0.950. The first-order valence-corrected chi connectivity index (χ1v) is 13.9. The van der Waals surface area contributed by atoms with Gasteiger partial charge in [0.05, 0.1) is 12.2 Å². The highest BCUT2D eigenvalue weighted by atomic mass is 16.5. The largest absolute Gasteiger partial charge is 0.494 e. The van der Waals surface area contributed by atoms with Crippen molar-refractivity contribution in [2.75, 3.05) is 6.61 Å². The van der Waals surface area contributed by atoms with E-state index in [4.69, 9.17) is 9.47 Å². The van der Waals surface area contributed by atoms with Gasteiger partial charge in [-0.1, -0.05) is 87.9 Å². The van der Waals surface area contributed by atoms with Crippen LogP contribution in [0.4, 0.5) is 0 Å². The van der Waals surface area contributed by atoms with Crippen molar-refractivity contribution in [1.29, 1.82) is 0 Å². The third-order valence-corrected chi connectivity index (χ3v) is 6.58. The van der Waals surface area contributed by atoms with Gasteiger partial charge < -0.3 is 9.47 Å². The molecular formula is C34H42O3. The summed E-state index contributed by atoms with van der Waals surface area (Å²) in [6.07, 6.45) is 15.3. The first-order chi connectivity index (χ1) is 18.2. The lowest BCUT2D eigenvalue weighted by atomic mass is 10.0. The average Bonchev–Trinajstić information content (AvgIpc) is 2.93. The molecule has 0 aromatic heterocycles. The molecule has 0 atom stereocenters. The highest BCUT2D eigenvalue weighted by Gasteiger charge is 2.09. The third-order valence-electron chi connectivity index (χ3n) is 6.58. The van der Waals surface area contributed by atoms with Gasteiger partial charge in [-0.2, -0.15) is 0 Å². The van der Waals surface area contributed by atoms with Crippen LogP contribution in [0.15, 0.2) is 85.5 Å². The van der Waals surface area contributed by atoms with Crippen molar-refractivity contribution in [3.63, 3.8) is 0 Å². The zero-order chi connectivity index (χ0) is 26.1. The monoisotopic (exact) mass is 498 g/mol. The Morgan fingerprint density at radius 3 is 1.95 bits per heavy atom. The smallest absolute Gasteiger partial charge is 0.343 e. The van der Waals surface area contributed by atoms with Gasteiger partial charge in [0.1, 0.15) is 11.5 Å². The van der Waals surface area contributed by atoms with Crippen LogP contribution in [0.2, 0.25) is 0 Å². The van der Waals surface area contributed by atoms with Gasteiger partial charge in [-0.3, -0.25) is 0 Å². The maximum atomic E-state index is 12.6. The molecule has 0 aliphatic carbocycles. The standard InChI is InChI=1S/C34H42O3/c1-3-5-7-8-9-10-11-13-27-36-32-23-25-33(26-24-32)37-34(35)31-21-19-30(20-22-31)29-17-15-28(16-18-29)14-12-6-4-2/h3,15-26H,1,4-14,27H2,2H3. The molecule has 0 fully saturated rings. The summed E-state index contributed by atoms with van der Waals surface area (Å²) in [4.78, 5) is 12.6. The molecule has 0 saturated carbocycles. The minimum Gasteiger partial charge on any atom is -0.494 e. The van der Waals surface area contributed by atoms with E-state index in [2.05, 4.69) is 37.8 Å². The molecule has 3 aromatic carbocycles. The summed E-state index contributed by atoms with van der Waals surface area (Å²) in [5.41, 5.74) is 4.15. The molecule has 0 aliphatic heterocycles. The molecule has 0 unspecified atom stereocenters. The van der Waals surface area contributed by atoms with Gasteiger partial charge in [-0.05, 0) is 85.2 Å². The van der Waals surface area contributed by atoms with Crippen molar-refractivity contribution < 1.29 is 14.3 Å². The van der Waals surface area contributed by atoms with Crippen LogP contribution in [-0.2, 0) is 6.42 Å². The minimum atomic E-state index is -0.361. The Bertz CT molecular complexity index is 1050. The summed E-state index contributed by atoms with van der Waals surface area (Å²) in [6.45, 7) is 6.70. The SMILES string of the molecule is C=CCCCCCCCCOc1ccc(OC(=O)c2ccc(-c3ccc(CCCCC)cc3)cc2)cc1. The molecule has 0 amide bonds. The maximum absolute atomic E-state index is 12.6. The molecule has 0 saturated heterocycles. The molecule has 0 radical (unpaired) electrons. The van der Waals surface area contributed by atoms with Gasteiger partial charge in [0.25, 0.3) is 0 Å². The predicted molar refractivity (Wildman–Crippen MR) is 155 cm³/mol. The number of aryl methyl sites for hydroxylation is 1. The van der Waals surface area contributed by atoms with Crippen molar-refractivity contribution in [2.24, 2.45) is 0 Å². The number of carbonyl (C=O) groups excluding carboxylic acids is 1. The summed E-state index contributed by atoms with van der Waals surface area (Å²) >= 11 is 0. The van der Waals surface area contributed by atoms with Crippen LogP contribution in [0.5, 0.6) is 11.5 Å². The first kappa shape index (κ1) is 28.2. The Morgan fingerprint density at radius 1 is 0.703 bits per heavy atom. The molecule has 37 heavy (non-hydrogen) atoms. The van der Waals surface area contributed by atoms with Crippen molar-refractivity contribution in [3.8, 4) is 22.6 Å². The maximum Gasteiger partial charge on any atom is 0.343 e. The number of carbonyl (C=O) groups is 1. The summed E-state index contributed by atoms with van der Waals surface area (Å²) in [5, 5.41) is 0. The first-order valence-electron chi connectivity index (χ1n) is 13.9. The van der Waals surface area contributed by atoms with Crippen molar-refractivity contribution >= 4 is 5.97 Å². The van der Waals surface area contributed by atoms with E-state index in [9.17, 15) is 4.79 Å². The number of allylic oxidation sites excluding steroid dienone is 1. The second kappa shape index (κ2) is 16.4. The van der Waals surface area contributed by atoms with Gasteiger partial charge in [-0.15, -0.1) is 6.58 Å². The lowest BCUT2D eigenvalue weighted by Gasteiger charge is -2.09. The Kier molecular flexibility index (Phi) is 12.5. The molecule has 0 aliphatic rings. The van der Waals surface area contributed by atoms with Crippen LogP contribution in [0, 0.1) is 0 Å². The summed E-state index contributed by atoms with van der Waals surface area (Å²) < 4.78 is 11.4. The number of hydrogen-bond acceptors (Lipinski definition) is 3. The van der Waals surface area contributed by atoms with Gasteiger partial charge in [0.15, 0.2) is 0 Å². The van der Waals surface area contributed by atoms with Crippen molar-refractivity contribution in [1.82, 2.24) is 0 Å². The van der Waals surface area contributed by atoms with E-state index in [0.29, 0.717) is 17.9 Å². The van der Waals surface area contributed by atoms with Crippen LogP contribution in [0.3, 0.4) is 0 Å². The highest BCUT2D eigenvalue weighted by molar-refractivity contribution is 5.91. The second-order valence-corrected chi connectivity index (χ2v) is 9.64. The number of benzene rings is 3. The van der Waals surface area contributed by atoms with Crippen molar-refractivity contribution in [3.05, 3.63) is 96.6 Å². The third kappa shape index (κ3) is 10.3. The minimum absolute atomic E-state index is 0.361. The number of rotatable bonds is 17. The van der Waals surface area contributed by atoms with Crippen LogP contribution in [0.25, 0.3) is 11.1 Å². The zero-order valence-electron chi connectivity index (χ0n) is 22.4. The second-order valence-electron chi connectivity index (χ2n) is 9.64. The van der Waals surface area contributed by atoms with E-state index < -0.39 is 0 Å². The number of unbranched alkanes of at least 4 members (excludes halogenated alkanes) is 8. The lowest BCUT2D eigenvalue weighted by molar-refractivity contribution is 0.0734. The highest BCUT2D eigenvalue weighted by Crippen LogP contribution is 2.23. The Labute approximate surface area is 223 Å². The van der Waals surface area contributed by atoms with Crippen LogP contribution < -0.4 is 9.47 Å². The quantitative estimate of drug-likeness (QED) is 0.0804. The molecule has 0 spiro atoms. The average molecular weight is 499 g/mol. The molecular weight excluding hydrogens is 456 g/mol. The number of ether oxygens (including phenoxy) is 2. The topological polar surface area (TPSA) is 35.5 Å². The van der Waals surface area contributed by atoms with Gasteiger partial charge in [0, 0.05) is 0 Å². The molecule has 0 heterocycles. The fourth-order valence-electron chi connectivity index (χ4n) is 4.30. The lowest BCUT2D eigenvalue weighted by Crippen LogP contribution is -2.08. The van der Waals surface area contributed by atoms with Gasteiger partial charge in [-0.25, -0.2) is 4.79 Å². The Balaban J connectivity index is 1.40. The van der Waals surface area contributed by atoms with E-state index in [-0.39, 0.29) is 5.97 Å². The molecule has 196 valence electrons. The zero-order valence-corrected chi connectivity index (χ0v) is 22.4. The Hall–Kier alpha value is -3.33. The summed E-state index contributed by atoms with van der Waals surface area (Å²) in [6, 6.07) is 23.6. The van der Waals surface area contributed by atoms with Crippen LogP contribution >= 0.6 is 0 Å². The normalized spacial score (nSPS) is 10.7. The molecule has 3 heteroatoms.